The monoisotopic (exact) mass is 1600 g/mol. The van der Waals surface area contributed by atoms with Crippen LogP contribution in [0.15, 0.2) is 102 Å². The maximum atomic E-state index is 13.7. The third-order valence-electron chi connectivity index (χ3n) is 22.0. The van der Waals surface area contributed by atoms with Crippen molar-refractivity contribution in [3.05, 3.63) is 107 Å². The Morgan fingerprint density at radius 2 is 0.729 bits per heavy atom. The van der Waals surface area contributed by atoms with Crippen molar-refractivity contribution in [3.63, 3.8) is 0 Å². The van der Waals surface area contributed by atoms with Crippen molar-refractivity contribution in [1.82, 2.24) is 27.5 Å². The number of hydrogen-bond donors (Lipinski definition) is 6. The lowest BCUT2D eigenvalue weighted by atomic mass is 9.85. The molecular weight excluding hydrogens is 1480 g/mol. The molecule has 0 amide bonds. The van der Waals surface area contributed by atoms with Crippen molar-refractivity contribution in [2.75, 3.05) is 6.54 Å². The van der Waals surface area contributed by atoms with Crippen LogP contribution in [0.2, 0.25) is 0 Å². The molecule has 3 saturated carbocycles. The molecule has 22 nitrogen and oxygen atoms in total. The lowest BCUT2D eigenvalue weighted by Gasteiger charge is -2.47. The highest BCUT2D eigenvalue weighted by atomic mass is 32.2. The lowest BCUT2D eigenvalue weighted by Crippen LogP contribution is -2.58. The molecule has 4 fully saturated rings. The highest BCUT2D eigenvalue weighted by Crippen LogP contribution is 2.44. The summed E-state index contributed by atoms with van der Waals surface area (Å²) in [5.41, 5.74) is 3.75. The number of primary sulfonamides is 3. The summed E-state index contributed by atoms with van der Waals surface area (Å²) in [6, 6.07) is 20.4. The first-order valence-electron chi connectivity index (χ1n) is 37.9. The van der Waals surface area contributed by atoms with Gasteiger partial charge in [-0.25, -0.2) is 75.4 Å². The maximum absolute atomic E-state index is 13.7. The van der Waals surface area contributed by atoms with E-state index in [0.29, 0.717) is 82.6 Å². The van der Waals surface area contributed by atoms with E-state index in [4.69, 9.17) is 15.4 Å². The van der Waals surface area contributed by atoms with Crippen molar-refractivity contribution >= 4 is 60.1 Å². The number of nitrogens with zero attached hydrogens (tertiary/aromatic N) is 4. The minimum absolute atomic E-state index is 0.0162. The molecule has 107 heavy (non-hydrogen) atoms. The fraction of sp³-hybridized carbons (Fsp3) is 0.620. The van der Waals surface area contributed by atoms with E-state index in [1.54, 1.807) is 87.5 Å². The molecule has 0 bridgehead atoms. The van der Waals surface area contributed by atoms with Gasteiger partial charge in [0, 0.05) is 82.5 Å². The lowest BCUT2D eigenvalue weighted by molar-refractivity contribution is 0.0755. The summed E-state index contributed by atoms with van der Waals surface area (Å²) >= 11 is 0. The van der Waals surface area contributed by atoms with Crippen LogP contribution in [0.5, 0.6) is 0 Å². The van der Waals surface area contributed by atoms with E-state index < -0.39 is 93.2 Å². The molecule has 9 N–H and O–H groups in total. The molecule has 3 aliphatic carbocycles. The van der Waals surface area contributed by atoms with Crippen LogP contribution in [0.25, 0.3) is 33.8 Å². The van der Waals surface area contributed by atoms with E-state index in [1.165, 1.54) is 64.9 Å². The zero-order chi connectivity index (χ0) is 80.2. The number of aliphatic hydroxyl groups is 1. The Morgan fingerprint density at radius 3 is 1.00 bits per heavy atom. The van der Waals surface area contributed by atoms with Gasteiger partial charge in [0.2, 0.25) is 60.1 Å². The van der Waals surface area contributed by atoms with E-state index in [1.807, 2.05) is 106 Å². The molecule has 0 spiro atoms. The van der Waals surface area contributed by atoms with E-state index in [9.17, 15) is 55.6 Å². The third-order valence-corrected chi connectivity index (χ3v) is 30.8. The summed E-state index contributed by atoms with van der Waals surface area (Å²) in [4.78, 5) is 0.851. The van der Waals surface area contributed by atoms with Crippen LogP contribution in [-0.2, 0) is 96.2 Å². The second kappa shape index (κ2) is 32.2. The first-order chi connectivity index (χ1) is 48.9. The topological polar surface area (TPSA) is 345 Å². The first-order valence-corrected chi connectivity index (χ1v) is 46.9. The Labute approximate surface area is 641 Å². The third kappa shape index (κ3) is 21.0. The Balaban J connectivity index is 0.000000202. The molecule has 10 rings (SSSR count). The van der Waals surface area contributed by atoms with Gasteiger partial charge in [-0.2, -0.15) is 4.31 Å². The van der Waals surface area contributed by atoms with Crippen LogP contribution in [0, 0.1) is 38.5 Å². The van der Waals surface area contributed by atoms with Gasteiger partial charge in [-0.3, -0.25) is 0 Å². The zero-order valence-electron chi connectivity index (χ0n) is 66.8. The molecule has 0 radical (unpaired) electrons. The van der Waals surface area contributed by atoms with E-state index in [2.05, 4.69) is 18.6 Å². The standard InChI is InChI=1S/C27H41N3O4S2.C27H43N3O4S2.C25H39N3O5S2/c1-19-25(35(28,31)32)17-23(29(19)18-20-10-8-7-9-11-20)21-12-13-24(22(16-21)26(2,3)4)36(33,34)30-15-14-27(30,5)6;1-8-27(6,7)29-36(33,34)24-15-14-21(16-22(24)26(3,4)5)23-17-25(35(28,31)32)19(2)30(23)18-20-12-10-9-11-13-20;1-17-23(34(26,30)31)15-21(28(17)16-18-10-8-7-9-11-18)19-12-13-22(20(14-19)25(5,6)29)35(32,33)27-24(2,3)4/h12-13,16-17,20H,7-11,14-15,18H2,1-6H3,(H2,28,31,32);14-17,20,29H,8-13,18H2,1-7H3,(H2,28,31,32);12-15,18,27,29H,7-11,16H2,1-6H3,(H2,26,30,31). The number of hydrogen-bond acceptors (Lipinski definition) is 13. The van der Waals surface area contributed by atoms with Gasteiger partial charge >= 0.3 is 0 Å². The van der Waals surface area contributed by atoms with Gasteiger partial charge in [0.15, 0.2) is 0 Å². The van der Waals surface area contributed by atoms with Gasteiger partial charge in [0.25, 0.3) is 0 Å². The van der Waals surface area contributed by atoms with Crippen LogP contribution in [0.3, 0.4) is 0 Å². The molecule has 598 valence electrons. The molecule has 3 aromatic carbocycles. The van der Waals surface area contributed by atoms with Crippen molar-refractivity contribution in [2.24, 2.45) is 33.2 Å². The Bertz CT molecular complexity index is 4940. The molecule has 4 aliphatic rings. The Kier molecular flexibility index (Phi) is 26.3. The minimum Gasteiger partial charge on any atom is -0.386 e. The van der Waals surface area contributed by atoms with Crippen LogP contribution >= 0.6 is 0 Å². The van der Waals surface area contributed by atoms with Crippen molar-refractivity contribution in [2.45, 2.75) is 323 Å². The van der Waals surface area contributed by atoms with Crippen molar-refractivity contribution < 1.29 is 55.6 Å². The summed E-state index contributed by atoms with van der Waals surface area (Å²) in [6.07, 6.45) is 18.9. The van der Waals surface area contributed by atoms with Gasteiger partial charge in [-0.1, -0.05) is 124 Å². The van der Waals surface area contributed by atoms with E-state index >= 15 is 0 Å². The molecular formula is C79H123N9O13S6. The predicted molar refractivity (Wildman–Crippen MR) is 428 cm³/mol. The van der Waals surface area contributed by atoms with Crippen LogP contribution in [0.4, 0.5) is 0 Å². The Morgan fingerprint density at radius 1 is 0.430 bits per heavy atom. The molecule has 6 aromatic rings. The maximum Gasteiger partial charge on any atom is 0.243 e. The second-order valence-electron chi connectivity index (χ2n) is 35.4. The highest BCUT2D eigenvalue weighted by Gasteiger charge is 2.46. The van der Waals surface area contributed by atoms with Crippen molar-refractivity contribution in [1.29, 1.82) is 0 Å². The summed E-state index contributed by atoms with van der Waals surface area (Å²) in [5.74, 6) is 1.37. The summed E-state index contributed by atoms with van der Waals surface area (Å²) < 4.78 is 168. The zero-order valence-corrected chi connectivity index (χ0v) is 71.7. The average molecular weight is 1600 g/mol. The van der Waals surface area contributed by atoms with E-state index in [0.717, 1.165) is 92.4 Å². The van der Waals surface area contributed by atoms with Gasteiger partial charge in [-0.05, 0) is 245 Å². The van der Waals surface area contributed by atoms with Gasteiger partial charge in [0.05, 0.1) is 20.3 Å². The second-order valence-corrected chi connectivity index (χ2v) is 45.2. The predicted octanol–water partition coefficient (Wildman–Crippen LogP) is 14.6. The number of benzene rings is 3. The van der Waals surface area contributed by atoms with E-state index in [-0.39, 0.29) is 30.0 Å². The molecule has 1 aliphatic heterocycles. The number of nitrogens with one attached hydrogen (secondary N) is 2. The minimum atomic E-state index is -3.95. The fourth-order valence-electron chi connectivity index (χ4n) is 15.6. The first kappa shape index (κ1) is 87.5. The molecule has 0 unspecified atom stereocenters. The van der Waals surface area contributed by atoms with Crippen LogP contribution in [0.1, 0.15) is 254 Å². The van der Waals surface area contributed by atoms with Gasteiger partial charge in [-0.15, -0.1) is 0 Å². The van der Waals surface area contributed by atoms with Gasteiger partial charge < -0.3 is 18.8 Å². The summed E-state index contributed by atoms with van der Waals surface area (Å²) in [5, 5.41) is 27.6. The highest BCUT2D eigenvalue weighted by molar-refractivity contribution is 7.90. The van der Waals surface area contributed by atoms with Crippen LogP contribution < -0.4 is 24.9 Å². The SMILES string of the molecule is CCC(C)(C)NS(=O)(=O)c1ccc(-c2cc(S(N)(=O)=O)c(C)n2CC2CCCCC2)cc1C(C)(C)C.Cc1c(S(N)(=O)=O)cc(-c2ccc(S(=O)(=O)N3CCC3(C)C)c(C(C)(C)C)c2)n1CC1CCCCC1.Cc1c(S(N)(=O)=O)cc(-c2ccc(S(=O)(=O)NC(C)(C)C)c(C(C)(C)O)c2)n1CC1CCCCC1. The molecule has 0 atom stereocenters. The number of nitrogens with two attached hydrogens (primary N) is 3. The summed E-state index contributed by atoms with van der Waals surface area (Å²) in [7, 11) is -23.1. The number of aromatic nitrogens is 3. The smallest absolute Gasteiger partial charge is 0.243 e. The van der Waals surface area contributed by atoms with Crippen LogP contribution in [-0.4, -0.2) is 96.8 Å². The molecule has 3 aromatic heterocycles. The van der Waals surface area contributed by atoms with Crippen molar-refractivity contribution in [3.8, 4) is 33.8 Å². The van der Waals surface area contributed by atoms with Gasteiger partial charge in [0.1, 0.15) is 14.7 Å². The Hall–Kier alpha value is -5.08. The largest absolute Gasteiger partial charge is 0.386 e. The number of sulfonamides is 6. The normalized spacial score (nSPS) is 17.6. The molecule has 1 saturated heterocycles. The quantitative estimate of drug-likeness (QED) is 0.0391. The molecule has 4 heterocycles. The summed E-state index contributed by atoms with van der Waals surface area (Å²) in [6.45, 7) is 37.8. The average Bonchev–Trinajstić information content (AvgIpc) is 0.890. The number of rotatable bonds is 21. The fourth-order valence-corrected chi connectivity index (χ4v) is 23.8. The molecule has 28 heteroatoms.